The predicted octanol–water partition coefficient (Wildman–Crippen LogP) is 8.52. The van der Waals surface area contributed by atoms with Gasteiger partial charge in [0.2, 0.25) is 0 Å². The summed E-state index contributed by atoms with van der Waals surface area (Å²) in [5.74, 6) is 1.01. The van der Waals surface area contributed by atoms with E-state index in [9.17, 15) is 15.0 Å². The number of aliphatic hydroxyl groups is 2. The fourth-order valence-corrected chi connectivity index (χ4v) is 11.6. The molecule has 0 heterocycles. The Kier molecular flexibility index (Phi) is 7.35. The lowest BCUT2D eigenvalue weighted by Gasteiger charge is -2.71. The molecule has 0 aliphatic heterocycles. The summed E-state index contributed by atoms with van der Waals surface area (Å²) in [4.78, 5) is 14.2. The number of allylic oxidation sites excluding steroid dienone is 2. The molecule has 0 radical (unpaired) electrons. The van der Waals surface area contributed by atoms with Gasteiger partial charge < -0.3 is 14.9 Å². The summed E-state index contributed by atoms with van der Waals surface area (Å²) in [7, 11) is 0. The van der Waals surface area contributed by atoms with Crippen molar-refractivity contribution in [1.82, 2.24) is 0 Å². The van der Waals surface area contributed by atoms with Crippen molar-refractivity contribution in [2.75, 3.05) is 6.61 Å². The van der Waals surface area contributed by atoms with Gasteiger partial charge >= 0.3 is 5.97 Å². The first-order valence-electron chi connectivity index (χ1n) is 16.6. The monoisotopic (exact) mass is 596 g/mol. The van der Waals surface area contributed by atoms with Gasteiger partial charge in [-0.05, 0) is 121 Å². The standard InChI is InChI=1S/C37H53ClO4/c1-32(2)17-19-37(31(41)42-22-24-7-9-25(38)10-8-24)20-18-35(5)26(27(37)21-32)11-12-29-33(3)15-14-30(40)34(4,23-39)28(33)13-16-36(29,35)6/h7-11,27-30,39-40H,12-23H2,1-6H3/t27-,28+,29+,30-,33-,34-,35+,36+,37-/m0/s1. The summed E-state index contributed by atoms with van der Waals surface area (Å²) in [6.45, 7) is 14.8. The Hall–Kier alpha value is -1.36. The number of ether oxygens (including phenoxy) is 1. The smallest absolute Gasteiger partial charge is 0.313 e. The number of fused-ring (bicyclic) bond motifs is 7. The van der Waals surface area contributed by atoms with Crippen LogP contribution < -0.4 is 0 Å². The van der Waals surface area contributed by atoms with Gasteiger partial charge in [0.05, 0.1) is 18.1 Å². The van der Waals surface area contributed by atoms with Crippen molar-refractivity contribution >= 4 is 17.6 Å². The number of carbonyl (C=O) groups is 1. The highest BCUT2D eigenvalue weighted by atomic mass is 35.5. The molecule has 2 N–H and O–H groups in total. The van der Waals surface area contributed by atoms with Crippen LogP contribution in [0.15, 0.2) is 35.9 Å². The van der Waals surface area contributed by atoms with Gasteiger partial charge in [0.25, 0.3) is 0 Å². The average molecular weight is 597 g/mol. The Balaban J connectivity index is 1.35. The zero-order chi connectivity index (χ0) is 30.3. The van der Waals surface area contributed by atoms with E-state index in [1.54, 1.807) is 0 Å². The van der Waals surface area contributed by atoms with Crippen molar-refractivity contribution in [2.45, 2.75) is 118 Å². The van der Waals surface area contributed by atoms with Crippen LogP contribution in [0.3, 0.4) is 0 Å². The first kappa shape index (κ1) is 30.7. The topological polar surface area (TPSA) is 66.8 Å². The van der Waals surface area contributed by atoms with Crippen LogP contribution >= 0.6 is 11.6 Å². The lowest BCUT2D eigenvalue weighted by molar-refractivity contribution is -0.217. The average Bonchev–Trinajstić information content (AvgIpc) is 2.95. The highest BCUT2D eigenvalue weighted by Crippen LogP contribution is 2.75. The van der Waals surface area contributed by atoms with E-state index in [4.69, 9.17) is 16.3 Å². The third kappa shape index (κ3) is 4.24. The first-order valence-corrected chi connectivity index (χ1v) is 16.9. The van der Waals surface area contributed by atoms with Crippen LogP contribution in [0.25, 0.3) is 0 Å². The molecular formula is C37H53ClO4. The molecule has 6 rings (SSSR count). The largest absolute Gasteiger partial charge is 0.460 e. The van der Waals surface area contributed by atoms with E-state index in [1.807, 2.05) is 24.3 Å². The zero-order valence-corrected chi connectivity index (χ0v) is 27.5. The van der Waals surface area contributed by atoms with Crippen molar-refractivity contribution in [3.8, 4) is 0 Å². The second kappa shape index (κ2) is 10.1. The number of esters is 1. The number of carbonyl (C=O) groups excluding carboxylic acids is 1. The van der Waals surface area contributed by atoms with Crippen molar-refractivity contribution in [3.63, 3.8) is 0 Å². The van der Waals surface area contributed by atoms with Crippen LogP contribution in [0, 0.1) is 50.2 Å². The maximum Gasteiger partial charge on any atom is 0.313 e. The van der Waals surface area contributed by atoms with Crippen LogP contribution in [0.1, 0.15) is 111 Å². The Morgan fingerprint density at radius 2 is 1.62 bits per heavy atom. The molecule has 5 aliphatic rings. The van der Waals surface area contributed by atoms with Gasteiger partial charge in [-0.2, -0.15) is 0 Å². The maximum atomic E-state index is 14.2. The second-order valence-corrected chi connectivity index (χ2v) is 17.2. The molecule has 4 fully saturated rings. The number of aliphatic hydroxyl groups excluding tert-OH is 2. The molecule has 9 atom stereocenters. The second-order valence-electron chi connectivity index (χ2n) is 16.8. The zero-order valence-electron chi connectivity index (χ0n) is 26.8. The predicted molar refractivity (Wildman–Crippen MR) is 168 cm³/mol. The molecule has 1 aromatic rings. The minimum absolute atomic E-state index is 0.0103. The normalized spacial score (nSPS) is 45.9. The minimum Gasteiger partial charge on any atom is -0.460 e. The number of hydrogen-bond donors (Lipinski definition) is 2. The Morgan fingerprint density at radius 1 is 0.929 bits per heavy atom. The van der Waals surface area contributed by atoms with E-state index in [0.29, 0.717) is 23.5 Å². The molecule has 5 heteroatoms. The van der Waals surface area contributed by atoms with Gasteiger partial charge in [-0.15, -0.1) is 0 Å². The highest BCUT2D eigenvalue weighted by Gasteiger charge is 2.69. The molecular weight excluding hydrogens is 544 g/mol. The molecule has 5 aliphatic carbocycles. The summed E-state index contributed by atoms with van der Waals surface area (Å²) in [6.07, 6.45) is 12.0. The van der Waals surface area contributed by atoms with Gasteiger partial charge in [0.15, 0.2) is 0 Å². The quantitative estimate of drug-likeness (QED) is 0.270. The molecule has 4 nitrogen and oxygen atoms in total. The van der Waals surface area contributed by atoms with Gasteiger partial charge in [0.1, 0.15) is 6.61 Å². The lowest BCUT2D eigenvalue weighted by atomic mass is 9.33. The summed E-state index contributed by atoms with van der Waals surface area (Å²) < 4.78 is 6.16. The van der Waals surface area contributed by atoms with Gasteiger partial charge in [-0.1, -0.05) is 76.9 Å². The highest BCUT2D eigenvalue weighted by molar-refractivity contribution is 6.30. The van der Waals surface area contributed by atoms with Crippen LogP contribution in [0.5, 0.6) is 0 Å². The molecule has 0 spiro atoms. The molecule has 42 heavy (non-hydrogen) atoms. The number of hydrogen-bond acceptors (Lipinski definition) is 4. The SMILES string of the molecule is CC1(C)CC[C@]2(C(=O)OCc3ccc(Cl)cc3)CC[C@]3(C)C(=CC[C@@H]4[C@@]5(C)CC[C@H](O)[C@@](C)(CO)[C@@H]5CC[C@]43C)[C@@H]2C1. The third-order valence-corrected chi connectivity index (χ3v) is 14.7. The molecule has 0 bridgehead atoms. The number of halogens is 1. The van der Waals surface area contributed by atoms with E-state index in [0.717, 1.165) is 69.8 Å². The number of rotatable bonds is 4. The van der Waals surface area contributed by atoms with Gasteiger partial charge in [0, 0.05) is 10.4 Å². The summed E-state index contributed by atoms with van der Waals surface area (Å²) >= 11 is 6.09. The molecule has 232 valence electrons. The van der Waals surface area contributed by atoms with E-state index in [1.165, 1.54) is 5.57 Å². The molecule has 1 aromatic carbocycles. The molecule has 0 aromatic heterocycles. The van der Waals surface area contributed by atoms with Crippen LogP contribution in [-0.2, 0) is 16.1 Å². The fraction of sp³-hybridized carbons (Fsp3) is 0.757. The maximum absolute atomic E-state index is 14.2. The van der Waals surface area contributed by atoms with Crippen molar-refractivity contribution < 1.29 is 19.7 Å². The van der Waals surface area contributed by atoms with E-state index in [-0.39, 0.29) is 40.2 Å². The van der Waals surface area contributed by atoms with Crippen molar-refractivity contribution in [3.05, 3.63) is 46.5 Å². The van der Waals surface area contributed by atoms with Crippen molar-refractivity contribution in [1.29, 1.82) is 0 Å². The molecule has 4 saturated carbocycles. The third-order valence-electron chi connectivity index (χ3n) is 14.4. The molecule has 0 unspecified atom stereocenters. The fourth-order valence-electron chi connectivity index (χ4n) is 11.5. The van der Waals surface area contributed by atoms with Crippen molar-refractivity contribution in [2.24, 2.45) is 50.2 Å². The van der Waals surface area contributed by atoms with Crippen LogP contribution in [-0.4, -0.2) is 28.9 Å². The van der Waals surface area contributed by atoms with Crippen LogP contribution in [0.2, 0.25) is 5.02 Å². The van der Waals surface area contributed by atoms with Gasteiger partial charge in [-0.3, -0.25) is 4.79 Å². The van der Waals surface area contributed by atoms with Gasteiger partial charge in [-0.25, -0.2) is 0 Å². The first-order chi connectivity index (χ1) is 19.7. The summed E-state index contributed by atoms with van der Waals surface area (Å²) in [5, 5.41) is 22.3. The minimum atomic E-state index is -0.456. The van der Waals surface area contributed by atoms with Crippen LogP contribution in [0.4, 0.5) is 0 Å². The summed E-state index contributed by atoms with van der Waals surface area (Å²) in [6, 6.07) is 7.60. The Bertz CT molecular complexity index is 1250. The number of benzene rings is 1. The lowest BCUT2D eigenvalue weighted by Crippen LogP contribution is -2.66. The van der Waals surface area contributed by atoms with E-state index in [2.05, 4.69) is 47.6 Å². The Labute approximate surface area is 258 Å². The Morgan fingerprint density at radius 3 is 2.31 bits per heavy atom. The molecule has 0 saturated heterocycles. The summed E-state index contributed by atoms with van der Waals surface area (Å²) in [5.41, 5.74) is 2.01. The van der Waals surface area contributed by atoms with E-state index >= 15 is 0 Å². The molecule has 0 amide bonds. The van der Waals surface area contributed by atoms with E-state index < -0.39 is 16.9 Å².